The fraction of sp³-hybridized carbons (Fsp3) is 0.455. The molecule has 0 spiro atoms. The number of piperidine rings is 1. The first kappa shape index (κ1) is 18.4. The van der Waals surface area contributed by atoms with E-state index in [2.05, 4.69) is 62.3 Å². The highest BCUT2D eigenvalue weighted by molar-refractivity contribution is 5.94. The molecule has 138 valence electrons. The van der Waals surface area contributed by atoms with Crippen LogP contribution in [0.15, 0.2) is 42.6 Å². The first-order valence-corrected chi connectivity index (χ1v) is 9.46. The predicted molar refractivity (Wildman–Crippen MR) is 107 cm³/mol. The third-order valence-electron chi connectivity index (χ3n) is 5.10. The summed E-state index contributed by atoms with van der Waals surface area (Å²) in [6, 6.07) is 12.1. The van der Waals surface area contributed by atoms with Gasteiger partial charge in [0.05, 0.1) is 5.56 Å². The number of carbonyl (C=O) groups excluding carboxylic acids is 1. The van der Waals surface area contributed by atoms with E-state index < -0.39 is 0 Å². The van der Waals surface area contributed by atoms with E-state index in [1.807, 2.05) is 17.0 Å². The molecule has 0 atom stereocenters. The Balaban J connectivity index is 1.63. The molecule has 26 heavy (non-hydrogen) atoms. The highest BCUT2D eigenvalue weighted by Gasteiger charge is 2.21. The summed E-state index contributed by atoms with van der Waals surface area (Å²) in [5.74, 6) is 1.55. The molecule has 2 heterocycles. The zero-order chi connectivity index (χ0) is 18.7. The smallest absolute Gasteiger partial charge is 0.255 e. The molecule has 4 nitrogen and oxygen atoms in total. The van der Waals surface area contributed by atoms with Gasteiger partial charge in [-0.1, -0.05) is 39.8 Å². The highest BCUT2D eigenvalue weighted by atomic mass is 16.2. The van der Waals surface area contributed by atoms with Crippen molar-refractivity contribution in [2.75, 3.05) is 18.4 Å². The number of anilines is 2. The van der Waals surface area contributed by atoms with Gasteiger partial charge in [-0.3, -0.25) is 4.79 Å². The Labute approximate surface area is 156 Å². The maximum Gasteiger partial charge on any atom is 0.255 e. The van der Waals surface area contributed by atoms with Crippen LogP contribution in [0.25, 0.3) is 0 Å². The fourth-order valence-electron chi connectivity index (χ4n) is 3.19. The van der Waals surface area contributed by atoms with Crippen LogP contribution >= 0.6 is 0 Å². The molecule has 1 aromatic carbocycles. The fourth-order valence-corrected chi connectivity index (χ4v) is 3.19. The molecule has 1 aromatic heterocycles. The van der Waals surface area contributed by atoms with Gasteiger partial charge < -0.3 is 10.2 Å². The maximum absolute atomic E-state index is 12.6. The molecular weight excluding hydrogens is 322 g/mol. The second-order valence-corrected chi connectivity index (χ2v) is 8.36. The van der Waals surface area contributed by atoms with Crippen molar-refractivity contribution in [1.82, 2.24) is 9.88 Å². The van der Waals surface area contributed by atoms with E-state index in [-0.39, 0.29) is 11.3 Å². The number of rotatable bonds is 3. The van der Waals surface area contributed by atoms with Gasteiger partial charge in [-0.15, -0.1) is 0 Å². The first-order chi connectivity index (χ1) is 12.3. The van der Waals surface area contributed by atoms with Gasteiger partial charge in [0, 0.05) is 25.0 Å². The molecule has 3 rings (SSSR count). The van der Waals surface area contributed by atoms with Gasteiger partial charge >= 0.3 is 0 Å². The van der Waals surface area contributed by atoms with Crippen molar-refractivity contribution in [2.45, 2.75) is 46.0 Å². The Kier molecular flexibility index (Phi) is 5.30. The summed E-state index contributed by atoms with van der Waals surface area (Å²) in [5.41, 5.74) is 3.10. The van der Waals surface area contributed by atoms with Crippen LogP contribution in [-0.4, -0.2) is 28.9 Å². The minimum Gasteiger partial charge on any atom is -0.340 e. The zero-order valence-electron chi connectivity index (χ0n) is 16.2. The number of likely N-dealkylation sites (tertiary alicyclic amines) is 1. The molecule has 2 aromatic rings. The largest absolute Gasteiger partial charge is 0.340 e. The first-order valence-electron chi connectivity index (χ1n) is 9.46. The Bertz CT molecular complexity index is 736. The van der Waals surface area contributed by atoms with Crippen molar-refractivity contribution in [3.8, 4) is 0 Å². The molecule has 0 unspecified atom stereocenters. The molecular formula is C22H29N3O. The van der Waals surface area contributed by atoms with Crippen LogP contribution < -0.4 is 5.32 Å². The SMILES string of the molecule is CC1CCN(C(=O)c2ccc(Nc3ccc(C(C)(C)C)cc3)nc2)CC1. The summed E-state index contributed by atoms with van der Waals surface area (Å²) < 4.78 is 0. The third kappa shape index (κ3) is 4.43. The van der Waals surface area contributed by atoms with Crippen molar-refractivity contribution in [3.05, 3.63) is 53.7 Å². The zero-order valence-corrected chi connectivity index (χ0v) is 16.2. The van der Waals surface area contributed by atoms with Crippen LogP contribution in [0.2, 0.25) is 0 Å². The lowest BCUT2D eigenvalue weighted by atomic mass is 9.87. The second-order valence-electron chi connectivity index (χ2n) is 8.36. The molecule has 0 radical (unpaired) electrons. The van der Waals surface area contributed by atoms with E-state index in [9.17, 15) is 4.79 Å². The Morgan fingerprint density at radius 3 is 2.27 bits per heavy atom. The number of carbonyl (C=O) groups is 1. The predicted octanol–water partition coefficient (Wildman–Crippen LogP) is 4.99. The van der Waals surface area contributed by atoms with Gasteiger partial charge in [0.1, 0.15) is 5.82 Å². The molecule has 1 saturated heterocycles. The lowest BCUT2D eigenvalue weighted by molar-refractivity contribution is 0.0697. The van der Waals surface area contributed by atoms with Crippen molar-refractivity contribution in [1.29, 1.82) is 0 Å². The number of nitrogens with zero attached hydrogens (tertiary/aromatic N) is 2. The van der Waals surface area contributed by atoms with E-state index in [0.717, 1.165) is 37.4 Å². The molecule has 1 fully saturated rings. The maximum atomic E-state index is 12.6. The van der Waals surface area contributed by atoms with Crippen LogP contribution in [0.3, 0.4) is 0 Å². The summed E-state index contributed by atoms with van der Waals surface area (Å²) in [4.78, 5) is 18.9. The van der Waals surface area contributed by atoms with Crippen molar-refractivity contribution >= 4 is 17.4 Å². The molecule has 0 bridgehead atoms. The average Bonchev–Trinajstić information content (AvgIpc) is 2.62. The Morgan fingerprint density at radius 2 is 1.73 bits per heavy atom. The van der Waals surface area contributed by atoms with E-state index >= 15 is 0 Å². The second kappa shape index (κ2) is 7.48. The minimum atomic E-state index is 0.0884. The Morgan fingerprint density at radius 1 is 1.08 bits per heavy atom. The molecule has 4 heteroatoms. The van der Waals surface area contributed by atoms with Crippen LogP contribution in [0.5, 0.6) is 0 Å². The molecule has 1 amide bonds. The summed E-state index contributed by atoms with van der Waals surface area (Å²) >= 11 is 0. The van der Waals surface area contributed by atoms with E-state index in [4.69, 9.17) is 0 Å². The van der Waals surface area contributed by atoms with Crippen molar-refractivity contribution in [2.24, 2.45) is 5.92 Å². The number of nitrogens with one attached hydrogen (secondary N) is 1. The molecule has 1 aliphatic rings. The standard InChI is InChI=1S/C22H29N3O/c1-16-11-13-25(14-12-16)21(26)17-5-10-20(23-15-17)24-19-8-6-18(7-9-19)22(2,3)4/h5-10,15-16H,11-14H2,1-4H3,(H,23,24). The van der Waals surface area contributed by atoms with Gasteiger partial charge in [0.25, 0.3) is 5.91 Å². The topological polar surface area (TPSA) is 45.2 Å². The van der Waals surface area contributed by atoms with Gasteiger partial charge in [0.2, 0.25) is 0 Å². The number of aromatic nitrogens is 1. The number of hydrogen-bond acceptors (Lipinski definition) is 3. The third-order valence-corrected chi connectivity index (χ3v) is 5.10. The number of amides is 1. The van der Waals surface area contributed by atoms with Crippen LogP contribution in [0.4, 0.5) is 11.5 Å². The summed E-state index contributed by atoms with van der Waals surface area (Å²) in [5, 5.41) is 3.30. The number of benzene rings is 1. The van der Waals surface area contributed by atoms with Crippen LogP contribution in [0.1, 0.15) is 56.5 Å². The van der Waals surface area contributed by atoms with Crippen molar-refractivity contribution < 1.29 is 4.79 Å². The number of hydrogen-bond donors (Lipinski definition) is 1. The summed E-state index contributed by atoms with van der Waals surface area (Å²) in [6.07, 6.45) is 3.85. The van der Waals surface area contributed by atoms with Gasteiger partial charge in [0.15, 0.2) is 0 Å². The monoisotopic (exact) mass is 351 g/mol. The van der Waals surface area contributed by atoms with E-state index in [1.54, 1.807) is 6.20 Å². The van der Waals surface area contributed by atoms with E-state index in [0.29, 0.717) is 11.5 Å². The molecule has 0 saturated carbocycles. The molecule has 1 aliphatic heterocycles. The van der Waals surface area contributed by atoms with Crippen LogP contribution in [0, 0.1) is 5.92 Å². The molecule has 0 aliphatic carbocycles. The minimum absolute atomic E-state index is 0.0884. The van der Waals surface area contributed by atoms with Gasteiger partial charge in [-0.25, -0.2) is 4.98 Å². The quantitative estimate of drug-likeness (QED) is 0.847. The van der Waals surface area contributed by atoms with Gasteiger partial charge in [-0.05, 0) is 54.0 Å². The molecule has 1 N–H and O–H groups in total. The van der Waals surface area contributed by atoms with Crippen LogP contribution in [-0.2, 0) is 5.41 Å². The Hall–Kier alpha value is -2.36. The van der Waals surface area contributed by atoms with E-state index in [1.165, 1.54) is 5.56 Å². The normalized spacial score (nSPS) is 15.8. The summed E-state index contributed by atoms with van der Waals surface area (Å²) in [7, 11) is 0. The highest BCUT2D eigenvalue weighted by Crippen LogP contribution is 2.25. The average molecular weight is 351 g/mol. The number of pyridine rings is 1. The lowest BCUT2D eigenvalue weighted by Gasteiger charge is -2.30. The lowest BCUT2D eigenvalue weighted by Crippen LogP contribution is -2.37. The summed E-state index contributed by atoms with van der Waals surface area (Å²) in [6.45, 7) is 10.6. The van der Waals surface area contributed by atoms with Gasteiger partial charge in [-0.2, -0.15) is 0 Å². The van der Waals surface area contributed by atoms with Crippen molar-refractivity contribution in [3.63, 3.8) is 0 Å².